The molecule has 2 aliphatic heterocycles. The molecule has 0 atom stereocenters. The predicted octanol–water partition coefficient (Wildman–Crippen LogP) is 4.49. The van der Waals surface area contributed by atoms with Crippen molar-refractivity contribution >= 4 is 5.97 Å². The van der Waals surface area contributed by atoms with Crippen molar-refractivity contribution in [1.82, 2.24) is 4.90 Å². The van der Waals surface area contributed by atoms with Gasteiger partial charge in [-0.15, -0.1) is 0 Å². The molecule has 1 N–H and O–H groups in total. The van der Waals surface area contributed by atoms with Crippen LogP contribution in [0, 0.1) is 0 Å². The number of carboxylic acids is 1. The van der Waals surface area contributed by atoms with Crippen molar-refractivity contribution in [2.75, 3.05) is 26.2 Å². The van der Waals surface area contributed by atoms with E-state index in [1.54, 1.807) is 18.2 Å². The van der Waals surface area contributed by atoms with E-state index in [9.17, 15) is 18.0 Å². The number of benzene rings is 2. The highest BCUT2D eigenvalue weighted by atomic mass is 19.4. The van der Waals surface area contributed by atoms with Gasteiger partial charge < -0.3 is 19.5 Å². The van der Waals surface area contributed by atoms with E-state index in [1.165, 1.54) is 12.1 Å². The summed E-state index contributed by atoms with van der Waals surface area (Å²) in [5.74, 6) is 0.382. The summed E-state index contributed by atoms with van der Waals surface area (Å²) in [7, 11) is 0. The van der Waals surface area contributed by atoms with E-state index in [2.05, 4.69) is 4.90 Å². The zero-order chi connectivity index (χ0) is 22.1. The van der Waals surface area contributed by atoms with Crippen molar-refractivity contribution in [3.8, 4) is 11.5 Å². The number of carbonyl (C=O) groups is 1. The number of hydrogen-bond donors (Lipinski definition) is 1. The summed E-state index contributed by atoms with van der Waals surface area (Å²) in [6.07, 6.45) is -2.54. The van der Waals surface area contributed by atoms with E-state index in [0.29, 0.717) is 24.7 Å². The number of piperidine rings is 1. The molecular formula is C23H24F3NO4. The van der Waals surface area contributed by atoms with Crippen LogP contribution in [0.15, 0.2) is 42.5 Å². The Labute approximate surface area is 178 Å². The van der Waals surface area contributed by atoms with Crippen LogP contribution in [0.25, 0.3) is 0 Å². The predicted molar refractivity (Wildman–Crippen MR) is 107 cm³/mol. The number of likely N-dealkylation sites (tertiary alicyclic amines) is 1. The minimum atomic E-state index is -4.42. The van der Waals surface area contributed by atoms with Crippen LogP contribution in [0.2, 0.25) is 0 Å². The van der Waals surface area contributed by atoms with Gasteiger partial charge in [0.15, 0.2) is 0 Å². The smallest absolute Gasteiger partial charge is 0.416 e. The maximum atomic E-state index is 13.2. The highest BCUT2D eigenvalue weighted by Crippen LogP contribution is 2.46. The van der Waals surface area contributed by atoms with E-state index < -0.39 is 17.7 Å². The van der Waals surface area contributed by atoms with Gasteiger partial charge in [0.1, 0.15) is 18.1 Å². The van der Waals surface area contributed by atoms with Crippen LogP contribution >= 0.6 is 0 Å². The van der Waals surface area contributed by atoms with Crippen LogP contribution in [-0.4, -0.2) is 42.2 Å². The zero-order valence-electron chi connectivity index (χ0n) is 17.0. The largest absolute Gasteiger partial charge is 0.492 e. The first kappa shape index (κ1) is 21.5. The van der Waals surface area contributed by atoms with E-state index in [0.717, 1.165) is 37.6 Å². The Morgan fingerprint density at radius 2 is 1.90 bits per heavy atom. The Bertz CT molecular complexity index is 952. The highest BCUT2D eigenvalue weighted by molar-refractivity contribution is 5.66. The SMILES string of the molecule is O=C(O)CCN1CCC2(CC1)COc1cc(OCc3ccccc3C(F)(F)F)ccc12. The molecular weight excluding hydrogens is 411 g/mol. The molecule has 31 heavy (non-hydrogen) atoms. The monoisotopic (exact) mass is 435 g/mol. The maximum absolute atomic E-state index is 13.2. The summed E-state index contributed by atoms with van der Waals surface area (Å²) in [5, 5.41) is 8.86. The number of carboxylic acid groups (broad SMARTS) is 1. The van der Waals surface area contributed by atoms with Gasteiger partial charge in [0, 0.05) is 29.2 Å². The molecule has 2 aromatic rings. The average molecular weight is 435 g/mol. The number of fused-ring (bicyclic) bond motifs is 2. The van der Waals surface area contributed by atoms with Crippen molar-refractivity contribution in [1.29, 1.82) is 0 Å². The lowest BCUT2D eigenvalue weighted by molar-refractivity contribution is -0.139. The third-order valence-electron chi connectivity index (χ3n) is 6.20. The normalized spacial score (nSPS) is 17.9. The molecule has 4 rings (SSSR count). The van der Waals surface area contributed by atoms with Crippen LogP contribution in [0.1, 0.15) is 36.0 Å². The van der Waals surface area contributed by atoms with Gasteiger partial charge in [0.05, 0.1) is 18.6 Å². The number of nitrogens with zero attached hydrogens (tertiary/aromatic N) is 1. The molecule has 8 heteroatoms. The summed E-state index contributed by atoms with van der Waals surface area (Å²) < 4.78 is 51.1. The lowest BCUT2D eigenvalue weighted by atomic mass is 9.74. The van der Waals surface area contributed by atoms with Crippen molar-refractivity contribution in [3.63, 3.8) is 0 Å². The minimum Gasteiger partial charge on any atom is -0.492 e. The van der Waals surface area contributed by atoms with E-state index in [1.807, 2.05) is 6.07 Å². The van der Waals surface area contributed by atoms with Gasteiger partial charge in [0.2, 0.25) is 0 Å². The Kier molecular flexibility index (Phi) is 5.83. The molecule has 0 bridgehead atoms. The van der Waals surface area contributed by atoms with E-state index in [4.69, 9.17) is 14.6 Å². The van der Waals surface area contributed by atoms with Crippen LogP contribution in [0.3, 0.4) is 0 Å². The fourth-order valence-corrected chi connectivity index (χ4v) is 4.40. The third kappa shape index (κ3) is 4.63. The second kappa shape index (κ2) is 8.42. The number of halogens is 3. The molecule has 2 aromatic carbocycles. The summed E-state index contributed by atoms with van der Waals surface area (Å²) in [6.45, 7) is 2.53. The average Bonchev–Trinajstić information content (AvgIpc) is 3.09. The van der Waals surface area contributed by atoms with Gasteiger partial charge in [-0.25, -0.2) is 0 Å². The molecule has 0 aromatic heterocycles. The molecule has 5 nitrogen and oxygen atoms in total. The van der Waals surface area contributed by atoms with Crippen molar-refractivity contribution in [2.45, 2.75) is 37.5 Å². The van der Waals surface area contributed by atoms with Crippen LogP contribution in [-0.2, 0) is 23.0 Å². The van der Waals surface area contributed by atoms with Gasteiger partial charge in [-0.3, -0.25) is 4.79 Å². The minimum absolute atomic E-state index is 0.0848. The van der Waals surface area contributed by atoms with Crippen LogP contribution in [0.5, 0.6) is 11.5 Å². The quantitative estimate of drug-likeness (QED) is 0.725. The van der Waals surface area contributed by atoms with Gasteiger partial charge >= 0.3 is 12.1 Å². The van der Waals surface area contributed by atoms with Crippen molar-refractivity contribution in [2.24, 2.45) is 0 Å². The molecule has 0 amide bonds. The summed E-state index contributed by atoms with van der Waals surface area (Å²) in [4.78, 5) is 12.9. The standard InChI is InChI=1S/C23H24F3NO4/c24-23(25,26)18-4-2-1-3-16(18)14-30-17-5-6-19-20(13-17)31-15-22(19)8-11-27(12-9-22)10-7-21(28)29/h1-6,13H,7-12,14-15H2,(H,28,29). The first-order valence-corrected chi connectivity index (χ1v) is 10.3. The molecule has 2 aliphatic rings. The van der Waals surface area contributed by atoms with Crippen LogP contribution in [0.4, 0.5) is 13.2 Å². The lowest BCUT2D eigenvalue weighted by Gasteiger charge is -2.38. The molecule has 1 saturated heterocycles. The van der Waals surface area contributed by atoms with E-state index in [-0.39, 0.29) is 24.0 Å². The second-order valence-electron chi connectivity index (χ2n) is 8.16. The fourth-order valence-electron chi connectivity index (χ4n) is 4.40. The first-order chi connectivity index (χ1) is 14.8. The van der Waals surface area contributed by atoms with Gasteiger partial charge in [-0.1, -0.05) is 24.3 Å². The summed E-state index contributed by atoms with van der Waals surface area (Å²) >= 11 is 0. The number of aliphatic carboxylic acids is 1. The number of ether oxygens (including phenoxy) is 2. The number of alkyl halides is 3. The zero-order valence-corrected chi connectivity index (χ0v) is 17.0. The molecule has 0 aliphatic carbocycles. The van der Waals surface area contributed by atoms with E-state index >= 15 is 0 Å². The fraction of sp³-hybridized carbons (Fsp3) is 0.435. The van der Waals surface area contributed by atoms with Gasteiger partial charge in [-0.2, -0.15) is 13.2 Å². The molecule has 0 saturated carbocycles. The third-order valence-corrected chi connectivity index (χ3v) is 6.20. The van der Waals surface area contributed by atoms with Crippen molar-refractivity contribution < 1.29 is 32.5 Å². The molecule has 1 fully saturated rings. The number of rotatable bonds is 6. The van der Waals surface area contributed by atoms with Gasteiger partial charge in [0.25, 0.3) is 0 Å². The molecule has 0 radical (unpaired) electrons. The van der Waals surface area contributed by atoms with Gasteiger partial charge in [-0.05, 0) is 38.1 Å². The molecule has 166 valence electrons. The Morgan fingerprint density at radius 1 is 1.16 bits per heavy atom. The number of hydrogen-bond acceptors (Lipinski definition) is 4. The Hall–Kier alpha value is -2.74. The van der Waals surface area contributed by atoms with Crippen molar-refractivity contribution in [3.05, 3.63) is 59.2 Å². The summed E-state index contributed by atoms with van der Waals surface area (Å²) in [5.41, 5.74) is 0.382. The first-order valence-electron chi connectivity index (χ1n) is 10.3. The highest BCUT2D eigenvalue weighted by Gasteiger charge is 2.43. The maximum Gasteiger partial charge on any atom is 0.416 e. The molecule has 2 heterocycles. The van der Waals surface area contributed by atoms with Crippen LogP contribution < -0.4 is 9.47 Å². The topological polar surface area (TPSA) is 59.0 Å². The lowest BCUT2D eigenvalue weighted by Crippen LogP contribution is -2.44. The molecule has 1 spiro atoms. The molecule has 0 unspecified atom stereocenters. The summed E-state index contributed by atoms with van der Waals surface area (Å²) in [6, 6.07) is 10.9. The Morgan fingerprint density at radius 3 is 2.61 bits per heavy atom. The Balaban J connectivity index is 1.42. The second-order valence-corrected chi connectivity index (χ2v) is 8.16.